The molecule has 3 rings (SSSR count). The summed E-state index contributed by atoms with van der Waals surface area (Å²) >= 11 is 3.44. The fraction of sp³-hybridized carbons (Fsp3) is 0.250. The van der Waals surface area contributed by atoms with E-state index in [4.69, 9.17) is 0 Å². The van der Waals surface area contributed by atoms with Crippen LogP contribution < -0.4 is 5.32 Å². The van der Waals surface area contributed by atoms with Crippen molar-refractivity contribution in [3.63, 3.8) is 0 Å². The van der Waals surface area contributed by atoms with E-state index < -0.39 is 0 Å². The molecule has 0 saturated carbocycles. The summed E-state index contributed by atoms with van der Waals surface area (Å²) in [6, 6.07) is 11.6. The molecule has 2 aromatic carbocycles. The maximum Gasteiger partial charge on any atom is 0.254 e. The minimum Gasteiger partial charge on any atom is -0.354 e. The molecule has 2 aromatic rings. The van der Waals surface area contributed by atoms with E-state index in [2.05, 4.69) is 21.2 Å². The van der Waals surface area contributed by atoms with Gasteiger partial charge in [0.05, 0.1) is 6.54 Å². The van der Waals surface area contributed by atoms with Crippen molar-refractivity contribution in [1.29, 1.82) is 0 Å². The van der Waals surface area contributed by atoms with Gasteiger partial charge in [-0.2, -0.15) is 0 Å². The lowest BCUT2D eigenvalue weighted by molar-refractivity contribution is -0.121. The monoisotopic (exact) mass is 346 g/mol. The molecular weight excluding hydrogens is 332 g/mol. The van der Waals surface area contributed by atoms with E-state index >= 15 is 0 Å². The maximum absolute atomic E-state index is 12.5. The number of hydrogen-bond donors (Lipinski definition) is 1. The zero-order valence-corrected chi connectivity index (χ0v) is 13.0. The fourth-order valence-electron chi connectivity index (χ4n) is 2.51. The van der Waals surface area contributed by atoms with E-state index in [9.17, 15) is 9.59 Å². The van der Waals surface area contributed by atoms with Crippen molar-refractivity contribution in [2.45, 2.75) is 6.42 Å². The van der Waals surface area contributed by atoms with E-state index in [0.717, 1.165) is 21.7 Å². The van der Waals surface area contributed by atoms with Crippen molar-refractivity contribution in [2.24, 2.45) is 0 Å². The van der Waals surface area contributed by atoms with Gasteiger partial charge in [-0.05, 0) is 41.5 Å². The van der Waals surface area contributed by atoms with Crippen LogP contribution in [0.2, 0.25) is 0 Å². The van der Waals surface area contributed by atoms with Crippen LogP contribution in [-0.4, -0.2) is 36.3 Å². The Bertz CT molecular complexity index is 714. The molecule has 5 heteroatoms. The number of rotatable bonds is 1. The van der Waals surface area contributed by atoms with Gasteiger partial charge in [0.25, 0.3) is 5.91 Å². The van der Waals surface area contributed by atoms with Crippen LogP contribution in [0.1, 0.15) is 16.8 Å². The highest BCUT2D eigenvalue weighted by molar-refractivity contribution is 9.10. The van der Waals surface area contributed by atoms with Crippen LogP contribution in [0.15, 0.2) is 40.9 Å². The quantitative estimate of drug-likeness (QED) is 0.862. The fourth-order valence-corrected chi connectivity index (χ4v) is 2.89. The first-order valence-electron chi connectivity index (χ1n) is 6.89. The lowest BCUT2D eigenvalue weighted by Crippen LogP contribution is -2.37. The summed E-state index contributed by atoms with van der Waals surface area (Å²) in [5.41, 5.74) is 0.625. The summed E-state index contributed by atoms with van der Waals surface area (Å²) in [5, 5.41) is 4.87. The van der Waals surface area contributed by atoms with Crippen molar-refractivity contribution in [2.75, 3.05) is 19.6 Å². The van der Waals surface area contributed by atoms with Crippen LogP contribution in [0.4, 0.5) is 0 Å². The third-order valence-corrected chi connectivity index (χ3v) is 4.09. The Morgan fingerprint density at radius 2 is 1.90 bits per heavy atom. The highest BCUT2D eigenvalue weighted by atomic mass is 79.9. The van der Waals surface area contributed by atoms with Crippen LogP contribution >= 0.6 is 15.9 Å². The summed E-state index contributed by atoms with van der Waals surface area (Å²) in [4.78, 5) is 25.7. The summed E-state index contributed by atoms with van der Waals surface area (Å²) < 4.78 is 1.01. The summed E-state index contributed by atoms with van der Waals surface area (Å²) in [6.45, 7) is 1.38. The second-order valence-corrected chi connectivity index (χ2v) is 6.05. The Hall–Kier alpha value is -1.88. The lowest BCUT2D eigenvalue weighted by Gasteiger charge is -2.19. The van der Waals surface area contributed by atoms with Gasteiger partial charge in [-0.15, -0.1) is 0 Å². The van der Waals surface area contributed by atoms with Crippen LogP contribution in [0, 0.1) is 0 Å². The molecule has 21 heavy (non-hydrogen) atoms. The van der Waals surface area contributed by atoms with Crippen LogP contribution in [0.5, 0.6) is 0 Å². The van der Waals surface area contributed by atoms with Gasteiger partial charge in [0.15, 0.2) is 0 Å². The number of nitrogens with one attached hydrogen (secondary N) is 1. The first kappa shape index (κ1) is 14.1. The van der Waals surface area contributed by atoms with Gasteiger partial charge in [-0.3, -0.25) is 9.59 Å². The van der Waals surface area contributed by atoms with Crippen molar-refractivity contribution in [3.05, 3.63) is 46.4 Å². The van der Waals surface area contributed by atoms with Crippen molar-refractivity contribution >= 4 is 38.5 Å². The van der Waals surface area contributed by atoms with Crippen LogP contribution in [-0.2, 0) is 4.79 Å². The molecule has 4 nitrogen and oxygen atoms in total. The van der Waals surface area contributed by atoms with E-state index in [1.807, 2.05) is 36.4 Å². The Morgan fingerprint density at radius 1 is 1.14 bits per heavy atom. The number of hydrogen-bond acceptors (Lipinski definition) is 2. The largest absolute Gasteiger partial charge is 0.354 e. The first-order valence-corrected chi connectivity index (χ1v) is 7.68. The Balaban J connectivity index is 1.90. The number of amides is 2. The topological polar surface area (TPSA) is 49.4 Å². The molecule has 1 N–H and O–H groups in total. The van der Waals surface area contributed by atoms with Crippen molar-refractivity contribution in [3.8, 4) is 0 Å². The molecular formula is C16H15BrN2O2. The van der Waals surface area contributed by atoms with E-state index in [0.29, 0.717) is 18.7 Å². The molecule has 1 saturated heterocycles. The van der Waals surface area contributed by atoms with E-state index in [1.54, 1.807) is 4.90 Å². The minimum atomic E-state index is -0.0921. The molecule has 1 aliphatic rings. The number of nitrogens with zero attached hydrogens (tertiary/aromatic N) is 1. The first-order chi connectivity index (χ1) is 10.1. The van der Waals surface area contributed by atoms with Crippen LogP contribution in [0.25, 0.3) is 10.8 Å². The molecule has 0 radical (unpaired) electrons. The molecule has 0 aliphatic carbocycles. The predicted octanol–water partition coefficient (Wildman–Crippen LogP) is 2.56. The van der Waals surface area contributed by atoms with E-state index in [-0.39, 0.29) is 18.4 Å². The molecule has 0 unspecified atom stereocenters. The molecule has 0 atom stereocenters. The van der Waals surface area contributed by atoms with Crippen LogP contribution in [0.3, 0.4) is 0 Å². The highest BCUT2D eigenvalue weighted by Crippen LogP contribution is 2.21. The Morgan fingerprint density at radius 3 is 2.76 bits per heavy atom. The summed E-state index contributed by atoms with van der Waals surface area (Å²) in [6.07, 6.45) is 0.790. The average Bonchev–Trinajstić information content (AvgIpc) is 2.70. The number of carbonyl (C=O) groups excluding carboxylic acids is 2. The molecule has 0 aromatic heterocycles. The number of fused-ring (bicyclic) bond motifs is 1. The number of halogens is 1. The lowest BCUT2D eigenvalue weighted by atomic mass is 10.1. The molecule has 1 aliphatic heterocycles. The Labute approximate surface area is 131 Å². The standard InChI is InChI=1S/C16H15BrN2O2/c17-14-5-4-11-8-13(3-2-12(11)9-14)16(21)19-7-1-6-18-15(20)10-19/h2-5,8-9H,1,6-7,10H2,(H,18,20). The van der Waals surface area contributed by atoms with Gasteiger partial charge in [0.1, 0.15) is 0 Å². The zero-order valence-electron chi connectivity index (χ0n) is 11.4. The predicted molar refractivity (Wildman–Crippen MR) is 85.2 cm³/mol. The molecule has 108 valence electrons. The molecule has 0 spiro atoms. The average molecular weight is 347 g/mol. The van der Waals surface area contributed by atoms with Gasteiger partial charge in [-0.1, -0.05) is 28.1 Å². The van der Waals surface area contributed by atoms with Gasteiger partial charge in [0, 0.05) is 23.1 Å². The smallest absolute Gasteiger partial charge is 0.254 e. The minimum absolute atomic E-state index is 0.0862. The summed E-state index contributed by atoms with van der Waals surface area (Å²) in [5.74, 6) is -0.178. The number of benzene rings is 2. The maximum atomic E-state index is 12.5. The SMILES string of the molecule is O=C1CN(C(=O)c2ccc3cc(Br)ccc3c2)CCCN1. The van der Waals surface area contributed by atoms with Gasteiger partial charge in [0.2, 0.25) is 5.91 Å². The van der Waals surface area contributed by atoms with Gasteiger partial charge >= 0.3 is 0 Å². The third-order valence-electron chi connectivity index (χ3n) is 3.60. The summed E-state index contributed by atoms with van der Waals surface area (Å²) in [7, 11) is 0. The molecule has 2 amide bonds. The second kappa shape index (κ2) is 5.85. The normalized spacial score (nSPS) is 15.7. The highest BCUT2D eigenvalue weighted by Gasteiger charge is 2.21. The van der Waals surface area contributed by atoms with Gasteiger partial charge < -0.3 is 10.2 Å². The third kappa shape index (κ3) is 3.08. The number of carbonyl (C=O) groups is 2. The Kier molecular flexibility index (Phi) is 3.92. The molecule has 0 bridgehead atoms. The van der Waals surface area contributed by atoms with Crippen molar-refractivity contribution in [1.82, 2.24) is 10.2 Å². The second-order valence-electron chi connectivity index (χ2n) is 5.14. The van der Waals surface area contributed by atoms with E-state index in [1.165, 1.54) is 0 Å². The zero-order chi connectivity index (χ0) is 14.8. The van der Waals surface area contributed by atoms with Crippen molar-refractivity contribution < 1.29 is 9.59 Å². The van der Waals surface area contributed by atoms with Gasteiger partial charge in [-0.25, -0.2) is 0 Å². The molecule has 1 fully saturated rings. The molecule has 1 heterocycles.